The Hall–Kier alpha value is -1.32. The molecule has 1 saturated carbocycles. The van der Waals surface area contributed by atoms with Gasteiger partial charge in [0.1, 0.15) is 5.82 Å². The molecule has 14 heavy (non-hydrogen) atoms. The lowest BCUT2D eigenvalue weighted by Crippen LogP contribution is -2.04. The summed E-state index contributed by atoms with van der Waals surface area (Å²) in [6, 6.07) is 0. The quantitative estimate of drug-likeness (QED) is 0.786. The van der Waals surface area contributed by atoms with Crippen LogP contribution in [0.3, 0.4) is 0 Å². The molecule has 1 heterocycles. The Labute approximate surface area is 82.6 Å². The molecule has 1 N–H and O–H groups in total. The van der Waals surface area contributed by atoms with Crippen LogP contribution in [0.2, 0.25) is 0 Å². The minimum atomic E-state index is -0.751. The van der Waals surface area contributed by atoms with Gasteiger partial charge < -0.3 is 9.67 Å². The van der Waals surface area contributed by atoms with E-state index in [9.17, 15) is 4.79 Å². The first kappa shape index (κ1) is 9.24. The molecule has 0 saturated heterocycles. The zero-order valence-corrected chi connectivity index (χ0v) is 8.23. The SMILES string of the molecule is Cn1c(CCC(=O)O)cnc1C1CC1. The lowest BCUT2D eigenvalue weighted by molar-refractivity contribution is -0.136. The summed E-state index contributed by atoms with van der Waals surface area (Å²) < 4.78 is 2.04. The van der Waals surface area contributed by atoms with Gasteiger partial charge in [-0.1, -0.05) is 0 Å². The van der Waals surface area contributed by atoms with E-state index in [1.807, 2.05) is 11.6 Å². The molecule has 1 aliphatic carbocycles. The molecule has 4 heteroatoms. The van der Waals surface area contributed by atoms with Crippen LogP contribution in [0, 0.1) is 0 Å². The summed E-state index contributed by atoms with van der Waals surface area (Å²) in [5, 5.41) is 8.56. The van der Waals surface area contributed by atoms with E-state index in [0.717, 1.165) is 11.5 Å². The second-order valence-corrected chi connectivity index (χ2v) is 3.83. The fourth-order valence-electron chi connectivity index (χ4n) is 1.65. The zero-order valence-electron chi connectivity index (χ0n) is 8.23. The maximum Gasteiger partial charge on any atom is 0.303 e. The average molecular weight is 194 g/mol. The molecule has 0 spiro atoms. The van der Waals surface area contributed by atoms with Crippen LogP contribution in [-0.2, 0) is 18.3 Å². The number of carbonyl (C=O) groups is 1. The van der Waals surface area contributed by atoms with Crippen LogP contribution >= 0.6 is 0 Å². The van der Waals surface area contributed by atoms with Crippen LogP contribution in [0.1, 0.15) is 36.7 Å². The third kappa shape index (κ3) is 1.78. The summed E-state index contributed by atoms with van der Waals surface area (Å²) in [7, 11) is 1.97. The predicted octanol–water partition coefficient (Wildman–Crippen LogP) is 1.31. The molecular formula is C10H14N2O2. The Kier molecular flexibility index (Phi) is 2.27. The Morgan fingerprint density at radius 2 is 2.43 bits per heavy atom. The minimum absolute atomic E-state index is 0.184. The second kappa shape index (κ2) is 3.44. The van der Waals surface area contributed by atoms with E-state index >= 15 is 0 Å². The summed E-state index contributed by atoms with van der Waals surface area (Å²) in [5.74, 6) is 0.989. The lowest BCUT2D eigenvalue weighted by atomic mass is 10.2. The lowest BCUT2D eigenvalue weighted by Gasteiger charge is -2.03. The van der Waals surface area contributed by atoms with Crippen LogP contribution in [-0.4, -0.2) is 20.6 Å². The van der Waals surface area contributed by atoms with E-state index in [0.29, 0.717) is 12.3 Å². The summed E-state index contributed by atoms with van der Waals surface area (Å²) in [6.07, 6.45) is 5.01. The maximum absolute atomic E-state index is 10.4. The molecule has 1 aliphatic rings. The average Bonchev–Trinajstić information content (AvgIpc) is 2.89. The first-order valence-electron chi connectivity index (χ1n) is 4.90. The number of hydrogen-bond acceptors (Lipinski definition) is 2. The van der Waals surface area contributed by atoms with Crippen molar-refractivity contribution in [3.05, 3.63) is 17.7 Å². The largest absolute Gasteiger partial charge is 0.481 e. The van der Waals surface area contributed by atoms with E-state index in [-0.39, 0.29) is 6.42 Å². The van der Waals surface area contributed by atoms with Crippen LogP contribution in [0.4, 0.5) is 0 Å². The third-order valence-electron chi connectivity index (χ3n) is 2.66. The topological polar surface area (TPSA) is 55.1 Å². The molecule has 4 nitrogen and oxygen atoms in total. The predicted molar refractivity (Wildman–Crippen MR) is 51.1 cm³/mol. The number of imidazole rings is 1. The van der Waals surface area contributed by atoms with Gasteiger partial charge in [-0.25, -0.2) is 4.98 Å². The van der Waals surface area contributed by atoms with E-state index in [1.54, 1.807) is 6.20 Å². The highest BCUT2D eigenvalue weighted by Crippen LogP contribution is 2.39. The number of carboxylic acid groups (broad SMARTS) is 1. The summed E-state index contributed by atoms with van der Waals surface area (Å²) >= 11 is 0. The molecule has 2 rings (SSSR count). The van der Waals surface area contributed by atoms with Gasteiger partial charge in [-0.2, -0.15) is 0 Å². The fourth-order valence-corrected chi connectivity index (χ4v) is 1.65. The molecule has 0 aliphatic heterocycles. The van der Waals surface area contributed by atoms with Gasteiger partial charge in [0.05, 0.1) is 6.42 Å². The monoisotopic (exact) mass is 194 g/mol. The molecule has 0 bridgehead atoms. The molecule has 76 valence electrons. The smallest absolute Gasteiger partial charge is 0.303 e. The molecule has 0 atom stereocenters. The van der Waals surface area contributed by atoms with E-state index in [2.05, 4.69) is 4.98 Å². The van der Waals surface area contributed by atoms with Crippen LogP contribution in [0.5, 0.6) is 0 Å². The van der Waals surface area contributed by atoms with Gasteiger partial charge in [-0.05, 0) is 19.3 Å². The van der Waals surface area contributed by atoms with Gasteiger partial charge in [0.25, 0.3) is 0 Å². The van der Waals surface area contributed by atoms with Gasteiger partial charge in [0, 0.05) is 24.9 Å². The van der Waals surface area contributed by atoms with Gasteiger partial charge in [0.15, 0.2) is 0 Å². The maximum atomic E-state index is 10.4. The highest BCUT2D eigenvalue weighted by molar-refractivity contribution is 5.66. The Balaban J connectivity index is 2.06. The molecule has 1 aromatic heterocycles. The van der Waals surface area contributed by atoms with Crippen molar-refractivity contribution in [1.29, 1.82) is 0 Å². The first-order valence-corrected chi connectivity index (χ1v) is 4.90. The van der Waals surface area contributed by atoms with E-state index in [1.165, 1.54) is 12.8 Å². The van der Waals surface area contributed by atoms with Crippen molar-refractivity contribution in [1.82, 2.24) is 9.55 Å². The van der Waals surface area contributed by atoms with Gasteiger partial charge in [0.2, 0.25) is 0 Å². The third-order valence-corrected chi connectivity index (χ3v) is 2.66. The number of rotatable bonds is 4. The van der Waals surface area contributed by atoms with Gasteiger partial charge in [-0.15, -0.1) is 0 Å². The van der Waals surface area contributed by atoms with Gasteiger partial charge in [-0.3, -0.25) is 4.79 Å². The van der Waals surface area contributed by atoms with Crippen molar-refractivity contribution in [2.45, 2.75) is 31.6 Å². The van der Waals surface area contributed by atoms with Gasteiger partial charge >= 0.3 is 5.97 Å². The van der Waals surface area contributed by atoms with Crippen LogP contribution in [0.25, 0.3) is 0 Å². The number of aliphatic carboxylic acids is 1. The first-order chi connectivity index (χ1) is 6.68. The Bertz CT molecular complexity index is 353. The molecule has 0 amide bonds. The molecule has 1 fully saturated rings. The summed E-state index contributed by atoms with van der Waals surface area (Å²) in [6.45, 7) is 0. The Morgan fingerprint density at radius 3 is 3.00 bits per heavy atom. The number of aryl methyl sites for hydroxylation is 1. The molecule has 0 aromatic carbocycles. The Morgan fingerprint density at radius 1 is 1.71 bits per heavy atom. The van der Waals surface area contributed by atoms with Crippen molar-refractivity contribution in [3.63, 3.8) is 0 Å². The van der Waals surface area contributed by atoms with E-state index < -0.39 is 5.97 Å². The summed E-state index contributed by atoms with van der Waals surface area (Å²) in [5.41, 5.74) is 1.02. The molecular weight excluding hydrogens is 180 g/mol. The van der Waals surface area contributed by atoms with Crippen molar-refractivity contribution < 1.29 is 9.90 Å². The minimum Gasteiger partial charge on any atom is -0.481 e. The van der Waals surface area contributed by atoms with Crippen molar-refractivity contribution in [2.24, 2.45) is 7.05 Å². The molecule has 0 unspecified atom stereocenters. The summed E-state index contributed by atoms with van der Waals surface area (Å²) in [4.78, 5) is 14.7. The highest BCUT2D eigenvalue weighted by atomic mass is 16.4. The number of aromatic nitrogens is 2. The highest BCUT2D eigenvalue weighted by Gasteiger charge is 2.28. The molecule has 0 radical (unpaired) electrons. The number of carboxylic acids is 1. The van der Waals surface area contributed by atoms with Crippen LogP contribution in [0.15, 0.2) is 6.20 Å². The van der Waals surface area contributed by atoms with Crippen LogP contribution < -0.4 is 0 Å². The second-order valence-electron chi connectivity index (χ2n) is 3.83. The standard InChI is InChI=1S/C10H14N2O2/c1-12-8(4-5-9(13)14)6-11-10(12)7-2-3-7/h6-7H,2-5H2,1H3,(H,13,14). The number of nitrogens with zero attached hydrogens (tertiary/aromatic N) is 2. The zero-order chi connectivity index (χ0) is 10.1. The number of hydrogen-bond donors (Lipinski definition) is 1. The van der Waals surface area contributed by atoms with Crippen molar-refractivity contribution in [3.8, 4) is 0 Å². The van der Waals surface area contributed by atoms with Crippen molar-refractivity contribution in [2.75, 3.05) is 0 Å². The van der Waals surface area contributed by atoms with E-state index in [4.69, 9.17) is 5.11 Å². The fraction of sp³-hybridized carbons (Fsp3) is 0.600. The normalized spacial score (nSPS) is 15.8. The molecule has 1 aromatic rings. The van der Waals surface area contributed by atoms with Crippen molar-refractivity contribution >= 4 is 5.97 Å².